The van der Waals surface area contributed by atoms with Gasteiger partial charge in [-0.1, -0.05) is 0 Å². The molecule has 1 aromatic rings. The fourth-order valence-electron chi connectivity index (χ4n) is 1.33. The fourth-order valence-corrected chi connectivity index (χ4v) is 1.33. The summed E-state index contributed by atoms with van der Waals surface area (Å²) in [4.78, 5) is 15.5. The van der Waals surface area contributed by atoms with E-state index in [1.54, 1.807) is 18.5 Å². The van der Waals surface area contributed by atoms with Crippen LogP contribution in [0.1, 0.15) is 29.6 Å². The summed E-state index contributed by atoms with van der Waals surface area (Å²) in [6.07, 6.45) is 6.16. The predicted octanol–water partition coefficient (Wildman–Crippen LogP) is 1.65. The summed E-state index contributed by atoms with van der Waals surface area (Å²) >= 11 is 0. The molecular formula is C10H12N2O. The molecule has 0 bridgehead atoms. The highest BCUT2D eigenvalue weighted by Crippen LogP contribution is 2.33. The molecule has 1 aromatic heterocycles. The molecule has 1 aliphatic carbocycles. The monoisotopic (exact) mass is 176 g/mol. The van der Waals surface area contributed by atoms with Crippen LogP contribution in [-0.4, -0.2) is 10.8 Å². The standard InChI is InChI=1S/C10H12N2O/c11-9-3-4-12-6-8(9)10(13)5-7-1-2-7/h3-4,6-7H,1-2,5H2,(H2,11,12). The van der Waals surface area contributed by atoms with E-state index in [1.165, 1.54) is 12.8 Å². The van der Waals surface area contributed by atoms with Gasteiger partial charge in [-0.05, 0) is 24.8 Å². The second-order valence-corrected chi connectivity index (χ2v) is 3.53. The maximum atomic E-state index is 11.6. The Morgan fingerprint density at radius 2 is 2.38 bits per heavy atom. The van der Waals surface area contributed by atoms with Gasteiger partial charge in [0.25, 0.3) is 0 Å². The van der Waals surface area contributed by atoms with E-state index < -0.39 is 0 Å². The van der Waals surface area contributed by atoms with Gasteiger partial charge in [0.15, 0.2) is 5.78 Å². The van der Waals surface area contributed by atoms with Crippen molar-refractivity contribution < 1.29 is 4.79 Å². The zero-order chi connectivity index (χ0) is 9.26. The number of Topliss-reactive ketones (excluding diaryl/α,β-unsaturated/α-hetero) is 1. The lowest BCUT2D eigenvalue weighted by molar-refractivity contribution is 0.0976. The van der Waals surface area contributed by atoms with Gasteiger partial charge >= 0.3 is 0 Å². The van der Waals surface area contributed by atoms with Gasteiger partial charge in [0.2, 0.25) is 0 Å². The number of nitrogen functional groups attached to an aromatic ring is 1. The number of hydrogen-bond acceptors (Lipinski definition) is 3. The highest BCUT2D eigenvalue weighted by atomic mass is 16.1. The van der Waals surface area contributed by atoms with Gasteiger partial charge in [-0.3, -0.25) is 9.78 Å². The van der Waals surface area contributed by atoms with Crippen LogP contribution >= 0.6 is 0 Å². The molecule has 1 fully saturated rings. The van der Waals surface area contributed by atoms with Crippen LogP contribution in [0.5, 0.6) is 0 Å². The van der Waals surface area contributed by atoms with E-state index in [4.69, 9.17) is 5.73 Å². The van der Waals surface area contributed by atoms with Gasteiger partial charge in [-0.25, -0.2) is 0 Å². The zero-order valence-electron chi connectivity index (χ0n) is 7.36. The van der Waals surface area contributed by atoms with Crippen molar-refractivity contribution >= 4 is 11.5 Å². The van der Waals surface area contributed by atoms with Gasteiger partial charge in [0, 0.05) is 24.5 Å². The van der Waals surface area contributed by atoms with Crippen LogP contribution in [0.2, 0.25) is 0 Å². The van der Waals surface area contributed by atoms with Gasteiger partial charge in [-0.2, -0.15) is 0 Å². The Morgan fingerprint density at radius 3 is 3.00 bits per heavy atom. The van der Waals surface area contributed by atoms with Crippen LogP contribution in [0.4, 0.5) is 5.69 Å². The first kappa shape index (κ1) is 8.23. The van der Waals surface area contributed by atoms with E-state index >= 15 is 0 Å². The first-order valence-electron chi connectivity index (χ1n) is 4.50. The molecule has 1 aliphatic rings. The van der Waals surface area contributed by atoms with Crippen molar-refractivity contribution in [3.05, 3.63) is 24.0 Å². The van der Waals surface area contributed by atoms with Crippen molar-refractivity contribution in [1.82, 2.24) is 4.98 Å². The van der Waals surface area contributed by atoms with Crippen LogP contribution in [0.3, 0.4) is 0 Å². The fraction of sp³-hybridized carbons (Fsp3) is 0.400. The Morgan fingerprint density at radius 1 is 1.62 bits per heavy atom. The van der Waals surface area contributed by atoms with Crippen LogP contribution in [0, 0.1) is 5.92 Å². The van der Waals surface area contributed by atoms with Gasteiger partial charge in [-0.15, -0.1) is 0 Å². The molecule has 3 nitrogen and oxygen atoms in total. The molecule has 0 atom stereocenters. The lowest BCUT2D eigenvalue weighted by Crippen LogP contribution is -2.04. The summed E-state index contributed by atoms with van der Waals surface area (Å²) in [6, 6.07) is 1.67. The molecule has 0 amide bonds. The summed E-state index contributed by atoms with van der Waals surface area (Å²) in [7, 11) is 0. The second kappa shape index (κ2) is 3.17. The van der Waals surface area contributed by atoms with Gasteiger partial charge < -0.3 is 5.73 Å². The van der Waals surface area contributed by atoms with Crippen molar-refractivity contribution in [2.75, 3.05) is 5.73 Å². The average Bonchev–Trinajstić information content (AvgIpc) is 2.89. The third-order valence-corrected chi connectivity index (χ3v) is 2.33. The van der Waals surface area contributed by atoms with Crippen molar-refractivity contribution in [3.63, 3.8) is 0 Å². The molecule has 0 aliphatic heterocycles. The maximum absolute atomic E-state index is 11.6. The van der Waals surface area contributed by atoms with Crippen LogP contribution in [-0.2, 0) is 0 Å². The highest BCUT2D eigenvalue weighted by Gasteiger charge is 2.25. The topological polar surface area (TPSA) is 56.0 Å². The number of aromatic nitrogens is 1. The Kier molecular flexibility index (Phi) is 2.00. The number of ketones is 1. The number of pyridine rings is 1. The average molecular weight is 176 g/mol. The largest absolute Gasteiger partial charge is 0.398 e. The van der Waals surface area contributed by atoms with Crippen LogP contribution < -0.4 is 5.73 Å². The minimum atomic E-state index is 0.133. The zero-order valence-corrected chi connectivity index (χ0v) is 7.36. The summed E-state index contributed by atoms with van der Waals surface area (Å²) in [5.74, 6) is 0.736. The molecule has 2 rings (SSSR count). The normalized spacial score (nSPS) is 15.7. The predicted molar refractivity (Wildman–Crippen MR) is 50.3 cm³/mol. The molecule has 0 aromatic carbocycles. The Balaban J connectivity index is 2.13. The molecule has 0 spiro atoms. The number of anilines is 1. The molecular weight excluding hydrogens is 164 g/mol. The molecule has 3 heteroatoms. The molecule has 1 heterocycles. The van der Waals surface area contributed by atoms with Crippen molar-refractivity contribution in [1.29, 1.82) is 0 Å². The summed E-state index contributed by atoms with van der Waals surface area (Å²) < 4.78 is 0. The summed E-state index contributed by atoms with van der Waals surface area (Å²) in [5, 5.41) is 0. The number of carbonyl (C=O) groups excluding carboxylic acids is 1. The Bertz CT molecular complexity index is 331. The number of hydrogen-bond donors (Lipinski definition) is 1. The van der Waals surface area contributed by atoms with Crippen molar-refractivity contribution in [3.8, 4) is 0 Å². The minimum absolute atomic E-state index is 0.133. The SMILES string of the molecule is Nc1ccncc1C(=O)CC1CC1. The number of rotatable bonds is 3. The number of nitrogens with zero attached hydrogens (tertiary/aromatic N) is 1. The summed E-state index contributed by atoms with van der Waals surface area (Å²) in [6.45, 7) is 0. The molecule has 13 heavy (non-hydrogen) atoms. The molecule has 0 unspecified atom stereocenters. The molecule has 2 N–H and O–H groups in total. The third kappa shape index (κ3) is 1.86. The van der Waals surface area contributed by atoms with Crippen LogP contribution in [0.25, 0.3) is 0 Å². The van der Waals surface area contributed by atoms with E-state index in [-0.39, 0.29) is 5.78 Å². The molecule has 0 radical (unpaired) electrons. The van der Waals surface area contributed by atoms with E-state index in [0.717, 1.165) is 0 Å². The lowest BCUT2D eigenvalue weighted by Gasteiger charge is -2.01. The quantitative estimate of drug-likeness (QED) is 0.712. The minimum Gasteiger partial charge on any atom is -0.398 e. The number of nitrogens with two attached hydrogens (primary N) is 1. The van der Waals surface area contributed by atoms with E-state index in [2.05, 4.69) is 4.98 Å². The lowest BCUT2D eigenvalue weighted by atomic mass is 10.1. The van der Waals surface area contributed by atoms with E-state index in [9.17, 15) is 4.79 Å². The first-order valence-corrected chi connectivity index (χ1v) is 4.50. The van der Waals surface area contributed by atoms with E-state index in [0.29, 0.717) is 23.6 Å². The first-order chi connectivity index (χ1) is 6.27. The number of carbonyl (C=O) groups is 1. The Labute approximate surface area is 77.0 Å². The highest BCUT2D eigenvalue weighted by molar-refractivity contribution is 6.00. The third-order valence-electron chi connectivity index (χ3n) is 2.33. The molecule has 0 saturated heterocycles. The van der Waals surface area contributed by atoms with Gasteiger partial charge in [0.1, 0.15) is 0 Å². The summed E-state index contributed by atoms with van der Waals surface area (Å²) in [5.41, 5.74) is 6.78. The molecule has 68 valence electrons. The van der Waals surface area contributed by atoms with Crippen molar-refractivity contribution in [2.45, 2.75) is 19.3 Å². The molecule has 1 saturated carbocycles. The van der Waals surface area contributed by atoms with Crippen molar-refractivity contribution in [2.24, 2.45) is 5.92 Å². The maximum Gasteiger partial charge on any atom is 0.166 e. The van der Waals surface area contributed by atoms with Gasteiger partial charge in [0.05, 0.1) is 5.56 Å². The smallest absolute Gasteiger partial charge is 0.166 e. The van der Waals surface area contributed by atoms with Crippen LogP contribution in [0.15, 0.2) is 18.5 Å². The second-order valence-electron chi connectivity index (χ2n) is 3.53. The Hall–Kier alpha value is -1.38. The van der Waals surface area contributed by atoms with E-state index in [1.807, 2.05) is 0 Å².